The second-order valence-corrected chi connectivity index (χ2v) is 6.34. The molecule has 2 rings (SSSR count). The molecule has 0 aliphatic rings. The van der Waals surface area contributed by atoms with Gasteiger partial charge in [-0.05, 0) is 35.4 Å². The molecule has 0 saturated carbocycles. The van der Waals surface area contributed by atoms with Crippen molar-refractivity contribution >= 4 is 17.8 Å². The lowest BCUT2D eigenvalue weighted by molar-refractivity contribution is -0.120. The van der Waals surface area contributed by atoms with Gasteiger partial charge in [0.25, 0.3) is 5.91 Å². The van der Waals surface area contributed by atoms with Crippen molar-refractivity contribution in [3.05, 3.63) is 71.0 Å². The van der Waals surface area contributed by atoms with Gasteiger partial charge < -0.3 is 20.9 Å². The van der Waals surface area contributed by atoms with Crippen LogP contribution in [-0.2, 0) is 17.9 Å². The summed E-state index contributed by atoms with van der Waals surface area (Å²) in [5, 5.41) is 7.72. The van der Waals surface area contributed by atoms with Gasteiger partial charge in [-0.2, -0.15) is 0 Å². The fraction of sp³-hybridized carbons (Fsp3) is 0.250. The van der Waals surface area contributed by atoms with Gasteiger partial charge in [0.05, 0.1) is 6.54 Å². The van der Waals surface area contributed by atoms with Gasteiger partial charge in [0.2, 0.25) is 5.91 Å². The Morgan fingerprint density at radius 3 is 1.93 bits per heavy atom. The molecule has 28 heavy (non-hydrogen) atoms. The van der Waals surface area contributed by atoms with Gasteiger partial charge in [0.1, 0.15) is 5.82 Å². The van der Waals surface area contributed by atoms with Gasteiger partial charge in [-0.3, -0.25) is 9.59 Å². The van der Waals surface area contributed by atoms with E-state index in [0.29, 0.717) is 5.56 Å². The fourth-order valence-corrected chi connectivity index (χ4v) is 2.29. The molecule has 0 radical (unpaired) electrons. The van der Waals surface area contributed by atoms with Crippen molar-refractivity contribution in [2.45, 2.75) is 13.1 Å². The highest BCUT2D eigenvalue weighted by Gasteiger charge is 2.08. The van der Waals surface area contributed by atoms with Crippen LogP contribution in [0.15, 0.2) is 48.5 Å². The number of nitrogens with zero attached hydrogens (tertiary/aromatic N) is 1. The van der Waals surface area contributed by atoms with E-state index in [-0.39, 0.29) is 37.3 Å². The summed E-state index contributed by atoms with van der Waals surface area (Å²) in [7, 11) is 3.36. The van der Waals surface area contributed by atoms with Crippen LogP contribution < -0.4 is 16.0 Å². The van der Waals surface area contributed by atoms with Crippen LogP contribution in [0.2, 0.25) is 0 Å². The number of urea groups is 1. The minimum absolute atomic E-state index is 0.0913. The maximum atomic E-state index is 12.8. The van der Waals surface area contributed by atoms with Gasteiger partial charge in [0, 0.05) is 32.7 Å². The van der Waals surface area contributed by atoms with Gasteiger partial charge in [0.15, 0.2) is 0 Å². The summed E-state index contributed by atoms with van der Waals surface area (Å²) in [5.74, 6) is -0.777. The van der Waals surface area contributed by atoms with E-state index in [1.807, 2.05) is 0 Å². The van der Waals surface area contributed by atoms with Crippen molar-refractivity contribution in [2.24, 2.45) is 0 Å². The third kappa shape index (κ3) is 6.71. The molecule has 2 aromatic rings. The average Bonchev–Trinajstić information content (AvgIpc) is 2.70. The molecule has 0 aromatic heterocycles. The number of halogens is 1. The predicted octanol–water partition coefficient (Wildman–Crippen LogP) is 1.64. The van der Waals surface area contributed by atoms with E-state index in [1.54, 1.807) is 50.5 Å². The van der Waals surface area contributed by atoms with Crippen molar-refractivity contribution in [3.8, 4) is 0 Å². The van der Waals surface area contributed by atoms with Crippen LogP contribution in [0.3, 0.4) is 0 Å². The largest absolute Gasteiger partial charge is 0.350 e. The molecule has 3 N–H and O–H groups in total. The van der Waals surface area contributed by atoms with E-state index < -0.39 is 6.03 Å². The molecular weight excluding hydrogens is 363 g/mol. The van der Waals surface area contributed by atoms with E-state index in [1.165, 1.54) is 17.0 Å². The molecular formula is C20H23FN4O3. The summed E-state index contributed by atoms with van der Waals surface area (Å²) in [6, 6.07) is 12.2. The summed E-state index contributed by atoms with van der Waals surface area (Å²) in [5.41, 5.74) is 2.15. The van der Waals surface area contributed by atoms with Crippen LogP contribution in [0.25, 0.3) is 0 Å². The molecule has 0 unspecified atom stereocenters. The first-order valence-corrected chi connectivity index (χ1v) is 8.68. The fourth-order valence-electron chi connectivity index (χ4n) is 2.29. The smallest absolute Gasteiger partial charge is 0.315 e. The zero-order valence-corrected chi connectivity index (χ0v) is 15.8. The number of nitrogens with one attached hydrogen (secondary N) is 3. The minimum Gasteiger partial charge on any atom is -0.350 e. The van der Waals surface area contributed by atoms with Gasteiger partial charge in [-0.15, -0.1) is 0 Å². The molecule has 0 spiro atoms. The molecule has 0 fully saturated rings. The maximum absolute atomic E-state index is 12.8. The van der Waals surface area contributed by atoms with Crippen LogP contribution in [0.4, 0.5) is 9.18 Å². The van der Waals surface area contributed by atoms with Gasteiger partial charge in [-0.25, -0.2) is 9.18 Å². The van der Waals surface area contributed by atoms with Crippen molar-refractivity contribution < 1.29 is 18.8 Å². The Morgan fingerprint density at radius 2 is 1.36 bits per heavy atom. The first kappa shape index (κ1) is 20.9. The SMILES string of the molecule is CN(C)C(=O)c1ccc(CNC(=O)CNC(=O)NCc2ccc(F)cc2)cc1. The highest BCUT2D eigenvalue weighted by atomic mass is 19.1. The molecule has 0 bridgehead atoms. The number of hydrogen-bond acceptors (Lipinski definition) is 3. The molecule has 7 nitrogen and oxygen atoms in total. The highest BCUT2D eigenvalue weighted by Crippen LogP contribution is 2.06. The number of hydrogen-bond donors (Lipinski definition) is 3. The summed E-state index contributed by atoms with van der Waals surface area (Å²) in [4.78, 5) is 36.9. The first-order chi connectivity index (χ1) is 13.3. The lowest BCUT2D eigenvalue weighted by Gasteiger charge is -2.11. The highest BCUT2D eigenvalue weighted by molar-refractivity contribution is 5.93. The Bertz CT molecular complexity index is 820. The molecule has 0 atom stereocenters. The van der Waals surface area contributed by atoms with Crippen molar-refractivity contribution in [1.82, 2.24) is 20.9 Å². The minimum atomic E-state index is -0.494. The Balaban J connectivity index is 1.68. The van der Waals surface area contributed by atoms with Gasteiger partial charge >= 0.3 is 6.03 Å². The third-order valence-electron chi connectivity index (χ3n) is 3.87. The zero-order valence-electron chi connectivity index (χ0n) is 15.8. The van der Waals surface area contributed by atoms with Gasteiger partial charge in [-0.1, -0.05) is 24.3 Å². The maximum Gasteiger partial charge on any atom is 0.315 e. The average molecular weight is 386 g/mol. The summed E-state index contributed by atoms with van der Waals surface area (Å²) >= 11 is 0. The van der Waals surface area contributed by atoms with E-state index in [0.717, 1.165) is 11.1 Å². The number of benzene rings is 2. The van der Waals surface area contributed by atoms with E-state index in [4.69, 9.17) is 0 Å². The van der Waals surface area contributed by atoms with E-state index >= 15 is 0 Å². The molecule has 0 aliphatic heterocycles. The van der Waals surface area contributed by atoms with Crippen molar-refractivity contribution in [2.75, 3.05) is 20.6 Å². The van der Waals surface area contributed by atoms with Crippen LogP contribution in [0, 0.1) is 5.82 Å². The van der Waals surface area contributed by atoms with Crippen LogP contribution >= 0.6 is 0 Å². The van der Waals surface area contributed by atoms with Crippen LogP contribution in [-0.4, -0.2) is 43.4 Å². The third-order valence-corrected chi connectivity index (χ3v) is 3.87. The topological polar surface area (TPSA) is 90.5 Å². The lowest BCUT2D eigenvalue weighted by Crippen LogP contribution is -2.41. The molecule has 0 heterocycles. The number of amides is 4. The summed E-state index contributed by atoms with van der Waals surface area (Å²) < 4.78 is 12.8. The van der Waals surface area contributed by atoms with E-state index in [2.05, 4.69) is 16.0 Å². The van der Waals surface area contributed by atoms with Crippen molar-refractivity contribution in [3.63, 3.8) is 0 Å². The molecule has 0 aliphatic carbocycles. The molecule has 8 heteroatoms. The Labute approximate surface area is 162 Å². The zero-order chi connectivity index (χ0) is 20.5. The normalized spacial score (nSPS) is 10.1. The van der Waals surface area contributed by atoms with Crippen LogP contribution in [0.1, 0.15) is 21.5 Å². The predicted molar refractivity (Wildman–Crippen MR) is 103 cm³/mol. The molecule has 4 amide bonds. The Kier molecular flexibility index (Phi) is 7.50. The Hall–Kier alpha value is -3.42. The monoisotopic (exact) mass is 386 g/mol. The lowest BCUT2D eigenvalue weighted by atomic mass is 10.1. The standard InChI is InChI=1S/C20H23FN4O3/c1-25(2)19(27)16-7-3-14(4-8-16)11-22-18(26)13-24-20(28)23-12-15-5-9-17(21)10-6-15/h3-10H,11-13H2,1-2H3,(H,22,26)(H2,23,24,28). The second kappa shape index (κ2) is 10.1. The summed E-state index contributed by atoms with van der Waals surface area (Å²) in [6.45, 7) is 0.340. The number of carbonyl (C=O) groups excluding carboxylic acids is 3. The molecule has 148 valence electrons. The quantitative estimate of drug-likeness (QED) is 0.676. The summed E-state index contributed by atoms with van der Waals surface area (Å²) in [6.07, 6.45) is 0. The number of rotatable bonds is 7. The first-order valence-electron chi connectivity index (χ1n) is 8.68. The molecule has 2 aromatic carbocycles. The number of carbonyl (C=O) groups is 3. The second-order valence-electron chi connectivity index (χ2n) is 6.34. The van der Waals surface area contributed by atoms with E-state index in [9.17, 15) is 18.8 Å². The Morgan fingerprint density at radius 1 is 0.821 bits per heavy atom. The van der Waals surface area contributed by atoms with Crippen molar-refractivity contribution in [1.29, 1.82) is 0 Å². The molecule has 0 saturated heterocycles. The van der Waals surface area contributed by atoms with Crippen LogP contribution in [0.5, 0.6) is 0 Å².